The van der Waals surface area contributed by atoms with Gasteiger partial charge in [0.1, 0.15) is 5.60 Å². The van der Waals surface area contributed by atoms with Crippen LogP contribution in [-0.4, -0.2) is 47.4 Å². The Morgan fingerprint density at radius 1 is 1.25 bits per heavy atom. The van der Waals surface area contributed by atoms with Gasteiger partial charge in [0.05, 0.1) is 0 Å². The lowest BCUT2D eigenvalue weighted by atomic mass is 10.0. The van der Waals surface area contributed by atoms with Gasteiger partial charge in [0.25, 0.3) is 0 Å². The third kappa shape index (κ3) is 9.09. The fourth-order valence-corrected chi connectivity index (χ4v) is 1.99. The van der Waals surface area contributed by atoms with Gasteiger partial charge in [0.15, 0.2) is 0 Å². The quantitative estimate of drug-likeness (QED) is 0.663. The van der Waals surface area contributed by atoms with Crippen molar-refractivity contribution in [1.82, 2.24) is 15.6 Å². The molecule has 0 aromatic carbocycles. The van der Waals surface area contributed by atoms with E-state index in [2.05, 4.69) is 15.6 Å². The summed E-state index contributed by atoms with van der Waals surface area (Å²) in [5, 5.41) is 14.7. The van der Waals surface area contributed by atoms with Gasteiger partial charge in [0.2, 0.25) is 5.91 Å². The van der Waals surface area contributed by atoms with Crippen LogP contribution in [0, 0.1) is 5.92 Å². The predicted molar refractivity (Wildman–Crippen MR) is 90.4 cm³/mol. The number of aliphatic hydroxyl groups excluding tert-OH is 1. The SMILES string of the molecule is CC(C)(C)OC(=O)NCCC(=O)NC[C@H](CO)Cc1ccncc1. The van der Waals surface area contributed by atoms with Crippen LogP contribution >= 0.6 is 0 Å². The molecule has 7 heteroatoms. The largest absolute Gasteiger partial charge is 0.444 e. The molecule has 2 amide bonds. The number of hydrogen-bond donors (Lipinski definition) is 3. The average Bonchev–Trinajstić information content (AvgIpc) is 2.50. The summed E-state index contributed by atoms with van der Waals surface area (Å²) >= 11 is 0. The van der Waals surface area contributed by atoms with Gasteiger partial charge in [-0.2, -0.15) is 0 Å². The summed E-state index contributed by atoms with van der Waals surface area (Å²) < 4.78 is 5.08. The zero-order chi connectivity index (χ0) is 18.0. The van der Waals surface area contributed by atoms with Crippen molar-refractivity contribution < 1.29 is 19.4 Å². The molecule has 3 N–H and O–H groups in total. The molecule has 0 radical (unpaired) electrons. The van der Waals surface area contributed by atoms with Gasteiger partial charge in [-0.05, 0) is 44.9 Å². The lowest BCUT2D eigenvalue weighted by Crippen LogP contribution is -2.36. The monoisotopic (exact) mass is 337 g/mol. The summed E-state index contributed by atoms with van der Waals surface area (Å²) in [7, 11) is 0. The van der Waals surface area contributed by atoms with Gasteiger partial charge >= 0.3 is 6.09 Å². The van der Waals surface area contributed by atoms with E-state index in [1.165, 1.54) is 0 Å². The summed E-state index contributed by atoms with van der Waals surface area (Å²) in [6, 6.07) is 3.77. The standard InChI is InChI=1S/C17H27N3O4/c1-17(2,3)24-16(23)19-9-6-15(22)20-11-14(12-21)10-13-4-7-18-8-5-13/h4-5,7-8,14,21H,6,9-12H2,1-3H3,(H,19,23)(H,20,22)/t14-/m1/s1. The van der Waals surface area contributed by atoms with Crippen LogP contribution in [0.4, 0.5) is 4.79 Å². The Hall–Kier alpha value is -2.15. The molecule has 0 saturated carbocycles. The van der Waals surface area contributed by atoms with E-state index in [1.54, 1.807) is 33.2 Å². The van der Waals surface area contributed by atoms with Gasteiger partial charge in [0, 0.05) is 44.4 Å². The van der Waals surface area contributed by atoms with Crippen molar-refractivity contribution in [1.29, 1.82) is 0 Å². The van der Waals surface area contributed by atoms with Gasteiger partial charge in [-0.3, -0.25) is 9.78 Å². The van der Waals surface area contributed by atoms with E-state index in [4.69, 9.17) is 4.74 Å². The number of ether oxygens (including phenoxy) is 1. The maximum Gasteiger partial charge on any atom is 0.407 e. The number of aliphatic hydroxyl groups is 1. The van der Waals surface area contributed by atoms with Crippen molar-refractivity contribution in [2.24, 2.45) is 5.92 Å². The van der Waals surface area contributed by atoms with E-state index in [0.717, 1.165) is 5.56 Å². The number of nitrogens with one attached hydrogen (secondary N) is 2. The molecule has 0 aliphatic carbocycles. The minimum absolute atomic E-state index is 0.0151. The number of amides is 2. The highest BCUT2D eigenvalue weighted by Gasteiger charge is 2.16. The minimum atomic E-state index is -0.562. The molecule has 1 aromatic rings. The molecular weight excluding hydrogens is 310 g/mol. The molecule has 0 bridgehead atoms. The molecule has 0 spiro atoms. The topological polar surface area (TPSA) is 101 Å². The molecule has 1 heterocycles. The molecule has 0 aliphatic heterocycles. The van der Waals surface area contributed by atoms with Crippen LogP contribution < -0.4 is 10.6 Å². The molecule has 1 aromatic heterocycles. The Morgan fingerprint density at radius 2 is 1.92 bits per heavy atom. The highest BCUT2D eigenvalue weighted by atomic mass is 16.6. The first-order valence-electron chi connectivity index (χ1n) is 8.03. The maximum atomic E-state index is 11.8. The molecule has 1 atom stereocenters. The third-order valence-electron chi connectivity index (χ3n) is 3.14. The van der Waals surface area contributed by atoms with Crippen molar-refractivity contribution in [2.45, 2.75) is 39.2 Å². The summed E-state index contributed by atoms with van der Waals surface area (Å²) in [5.74, 6) is -0.241. The molecule has 0 fully saturated rings. The van der Waals surface area contributed by atoms with E-state index in [1.807, 2.05) is 12.1 Å². The van der Waals surface area contributed by atoms with Crippen LogP contribution in [-0.2, 0) is 16.0 Å². The summed E-state index contributed by atoms with van der Waals surface area (Å²) in [6.45, 7) is 5.89. The van der Waals surface area contributed by atoms with Gasteiger partial charge in [-0.25, -0.2) is 4.79 Å². The first-order chi connectivity index (χ1) is 11.3. The van der Waals surface area contributed by atoms with E-state index in [-0.39, 0.29) is 31.4 Å². The second kappa shape index (κ2) is 9.87. The molecular formula is C17H27N3O4. The van der Waals surface area contributed by atoms with Crippen LogP contribution in [0.15, 0.2) is 24.5 Å². The second-order valence-corrected chi connectivity index (χ2v) is 6.59. The third-order valence-corrected chi connectivity index (χ3v) is 3.14. The molecule has 0 unspecified atom stereocenters. The number of rotatable bonds is 8. The average molecular weight is 337 g/mol. The Labute approximate surface area is 142 Å². The van der Waals surface area contributed by atoms with Crippen molar-refractivity contribution >= 4 is 12.0 Å². The minimum Gasteiger partial charge on any atom is -0.444 e. The highest BCUT2D eigenvalue weighted by Crippen LogP contribution is 2.07. The fraction of sp³-hybridized carbons (Fsp3) is 0.588. The molecule has 1 rings (SSSR count). The Balaban J connectivity index is 2.23. The van der Waals surface area contributed by atoms with E-state index in [0.29, 0.717) is 13.0 Å². The van der Waals surface area contributed by atoms with Crippen LogP contribution in [0.3, 0.4) is 0 Å². The Morgan fingerprint density at radius 3 is 2.50 bits per heavy atom. The van der Waals surface area contributed by atoms with Gasteiger partial charge < -0.3 is 20.5 Å². The van der Waals surface area contributed by atoms with Gasteiger partial charge in [-0.1, -0.05) is 0 Å². The first-order valence-corrected chi connectivity index (χ1v) is 8.03. The summed E-state index contributed by atoms with van der Waals surface area (Å²) in [5.41, 5.74) is 0.498. The lowest BCUT2D eigenvalue weighted by Gasteiger charge is -2.19. The van der Waals surface area contributed by atoms with E-state index < -0.39 is 11.7 Å². The van der Waals surface area contributed by atoms with E-state index >= 15 is 0 Å². The van der Waals surface area contributed by atoms with Crippen LogP contribution in [0.1, 0.15) is 32.8 Å². The molecule has 134 valence electrons. The summed E-state index contributed by atoms with van der Waals surface area (Å²) in [6.07, 6.45) is 3.68. The smallest absolute Gasteiger partial charge is 0.407 e. The van der Waals surface area contributed by atoms with Crippen LogP contribution in [0.2, 0.25) is 0 Å². The molecule has 0 aliphatic rings. The number of pyridine rings is 1. The van der Waals surface area contributed by atoms with Crippen LogP contribution in [0.5, 0.6) is 0 Å². The number of carbonyl (C=O) groups excluding carboxylic acids is 2. The van der Waals surface area contributed by atoms with Crippen molar-refractivity contribution in [3.8, 4) is 0 Å². The molecule has 7 nitrogen and oxygen atoms in total. The number of aromatic nitrogens is 1. The van der Waals surface area contributed by atoms with E-state index in [9.17, 15) is 14.7 Å². The maximum absolute atomic E-state index is 11.8. The number of alkyl carbamates (subject to hydrolysis) is 1. The predicted octanol–water partition coefficient (Wildman–Crippen LogP) is 1.26. The molecule has 24 heavy (non-hydrogen) atoms. The number of carbonyl (C=O) groups is 2. The second-order valence-electron chi connectivity index (χ2n) is 6.59. The Kier molecular flexibility index (Phi) is 8.18. The normalized spacial score (nSPS) is 12.3. The number of hydrogen-bond acceptors (Lipinski definition) is 5. The van der Waals surface area contributed by atoms with Gasteiger partial charge in [-0.15, -0.1) is 0 Å². The Bertz CT molecular complexity index is 514. The lowest BCUT2D eigenvalue weighted by molar-refractivity contribution is -0.121. The fourth-order valence-electron chi connectivity index (χ4n) is 1.99. The van der Waals surface area contributed by atoms with Crippen molar-refractivity contribution in [3.63, 3.8) is 0 Å². The number of nitrogens with zero attached hydrogens (tertiary/aromatic N) is 1. The van der Waals surface area contributed by atoms with Crippen molar-refractivity contribution in [3.05, 3.63) is 30.1 Å². The van der Waals surface area contributed by atoms with Crippen LogP contribution in [0.25, 0.3) is 0 Å². The highest BCUT2D eigenvalue weighted by molar-refractivity contribution is 5.77. The molecule has 0 saturated heterocycles. The zero-order valence-corrected chi connectivity index (χ0v) is 14.5. The zero-order valence-electron chi connectivity index (χ0n) is 14.5. The summed E-state index contributed by atoms with van der Waals surface area (Å²) in [4.78, 5) is 27.2. The first kappa shape index (κ1) is 19.9. The van der Waals surface area contributed by atoms with Crippen molar-refractivity contribution in [2.75, 3.05) is 19.7 Å².